The predicted octanol–water partition coefficient (Wildman–Crippen LogP) is 3.03. The highest BCUT2D eigenvalue weighted by Crippen LogP contribution is 2.29. The van der Waals surface area contributed by atoms with Crippen LogP contribution in [0.2, 0.25) is 0 Å². The number of rotatable bonds is 7. The van der Waals surface area contributed by atoms with E-state index in [0.29, 0.717) is 43.7 Å². The lowest BCUT2D eigenvalue weighted by Gasteiger charge is -2.12. The molecule has 0 fully saturated rings. The van der Waals surface area contributed by atoms with Crippen LogP contribution in [0.5, 0.6) is 0 Å². The van der Waals surface area contributed by atoms with Gasteiger partial charge in [-0.25, -0.2) is 4.98 Å². The Balaban J connectivity index is 1.67. The second-order valence-corrected chi connectivity index (χ2v) is 9.54. The Morgan fingerprint density at radius 3 is 2.81 bits per heavy atom. The van der Waals surface area contributed by atoms with Gasteiger partial charge in [0.25, 0.3) is 0 Å². The van der Waals surface area contributed by atoms with Gasteiger partial charge in [0.1, 0.15) is 5.82 Å². The number of hydrogen-bond acceptors (Lipinski definition) is 6. The number of imidazole rings is 1. The highest BCUT2D eigenvalue weighted by Gasteiger charge is 2.23. The topological polar surface area (TPSA) is 116 Å². The van der Waals surface area contributed by atoms with E-state index in [-0.39, 0.29) is 29.1 Å². The van der Waals surface area contributed by atoms with E-state index in [2.05, 4.69) is 42.9 Å². The molecule has 0 spiro atoms. The van der Waals surface area contributed by atoms with Crippen molar-refractivity contribution >= 4 is 51.3 Å². The molecule has 2 heterocycles. The number of benzene rings is 1. The van der Waals surface area contributed by atoms with Crippen LogP contribution in [0.4, 0.5) is 10.2 Å². The minimum atomic E-state index is -0.927. The zero-order chi connectivity index (χ0) is 23.0. The van der Waals surface area contributed by atoms with Crippen molar-refractivity contribution in [3.05, 3.63) is 44.3 Å². The third-order valence-corrected chi connectivity index (χ3v) is 6.47. The lowest BCUT2D eigenvalue weighted by atomic mass is 10.0. The molecule has 0 bridgehead atoms. The summed E-state index contributed by atoms with van der Waals surface area (Å²) in [5.74, 6) is 0.947. The summed E-state index contributed by atoms with van der Waals surface area (Å²) in [6.07, 6.45) is 1.22. The zero-order valence-electron chi connectivity index (χ0n) is 17.9. The number of nitrogens with two attached hydrogens (primary N) is 1. The predicted molar refractivity (Wildman–Crippen MR) is 127 cm³/mol. The van der Waals surface area contributed by atoms with Crippen molar-refractivity contribution in [2.45, 2.75) is 46.1 Å². The Morgan fingerprint density at radius 2 is 2.06 bits per heavy atom. The van der Waals surface area contributed by atoms with Crippen LogP contribution in [0.1, 0.15) is 54.0 Å². The number of fused-ring (bicyclic) bond motifs is 2. The van der Waals surface area contributed by atoms with Crippen LogP contribution in [0.15, 0.2) is 12.1 Å². The quantitative estimate of drug-likeness (QED) is 0.345. The van der Waals surface area contributed by atoms with E-state index >= 15 is 0 Å². The molecule has 1 amide bonds. The molecular weight excluding hydrogens is 526 g/mol. The van der Waals surface area contributed by atoms with Gasteiger partial charge >= 0.3 is 6.08 Å². The molecule has 4 rings (SSSR count). The Kier molecular flexibility index (Phi) is 6.40. The number of ketones is 1. The van der Waals surface area contributed by atoms with Gasteiger partial charge < -0.3 is 15.6 Å². The number of nitrogen functional groups attached to an aromatic ring is 1. The molecule has 8 nitrogen and oxygen atoms in total. The van der Waals surface area contributed by atoms with Crippen LogP contribution in [-0.4, -0.2) is 37.8 Å². The summed E-state index contributed by atoms with van der Waals surface area (Å²) >= 11 is 2.26. The van der Waals surface area contributed by atoms with Gasteiger partial charge in [-0.2, -0.15) is 14.4 Å². The maximum absolute atomic E-state index is 13.9. The van der Waals surface area contributed by atoms with E-state index in [1.54, 1.807) is 4.57 Å². The van der Waals surface area contributed by atoms with E-state index in [0.717, 1.165) is 26.7 Å². The monoisotopic (exact) mass is 550 g/mol. The summed E-state index contributed by atoms with van der Waals surface area (Å²) < 4.78 is 16.7. The Morgan fingerprint density at radius 1 is 1.28 bits per heavy atom. The Labute approximate surface area is 198 Å². The summed E-state index contributed by atoms with van der Waals surface area (Å²) in [5.41, 5.74) is 9.29. The van der Waals surface area contributed by atoms with Gasteiger partial charge in [-0.15, -0.1) is 0 Å². The largest absolute Gasteiger partial charge is 0.382 e. The van der Waals surface area contributed by atoms with Crippen LogP contribution in [0.25, 0.3) is 11.2 Å². The third-order valence-electron chi connectivity index (χ3n) is 5.47. The zero-order valence-corrected chi connectivity index (χ0v) is 20.1. The van der Waals surface area contributed by atoms with Crippen molar-refractivity contribution in [3.8, 4) is 0 Å². The number of amides is 1. The molecule has 0 aliphatic heterocycles. The van der Waals surface area contributed by atoms with E-state index in [9.17, 15) is 14.0 Å². The average molecular weight is 550 g/mol. The van der Waals surface area contributed by atoms with Gasteiger partial charge in [0.15, 0.2) is 22.8 Å². The number of nitrogens with one attached hydrogen (secondary N) is 1. The number of Topliss-reactive ketones (excluding diaryl/α,β-unsaturated/α-hetero) is 1. The number of aryl methyl sites for hydroxylation is 1. The number of halogens is 2. The SMILES string of the molecule is CC(C)CC(=O)NCCn1c(Cc2cc3c(cc2I)CCC3=O)nc2c(N)nc(F)nc21. The molecule has 1 aromatic carbocycles. The minimum absolute atomic E-state index is 0.0322. The molecule has 168 valence electrons. The molecular formula is C22H24FIN6O2. The van der Waals surface area contributed by atoms with E-state index < -0.39 is 6.08 Å². The number of anilines is 1. The minimum Gasteiger partial charge on any atom is -0.382 e. The highest BCUT2D eigenvalue weighted by atomic mass is 127. The standard InChI is InChI=1S/C22H24FIN6O2/c1-11(2)7-18(32)26-5-6-30-17(27-19-20(25)28-22(23)29-21(19)30)10-13-8-14-12(9-15(13)24)3-4-16(14)31/h8-9,11H,3-7,10H2,1-2H3,(H,26,32)(H2,25,28,29). The molecule has 1 aliphatic carbocycles. The first-order valence-electron chi connectivity index (χ1n) is 10.5. The first kappa shape index (κ1) is 22.6. The summed E-state index contributed by atoms with van der Waals surface area (Å²) in [6.45, 7) is 4.65. The van der Waals surface area contributed by atoms with E-state index in [4.69, 9.17) is 5.73 Å². The van der Waals surface area contributed by atoms with Gasteiger partial charge in [-0.05, 0) is 58.2 Å². The average Bonchev–Trinajstić information content (AvgIpc) is 3.23. The lowest BCUT2D eigenvalue weighted by molar-refractivity contribution is -0.121. The number of nitrogens with zero attached hydrogens (tertiary/aromatic N) is 4. The van der Waals surface area contributed by atoms with Crippen molar-refractivity contribution in [2.75, 3.05) is 12.3 Å². The normalized spacial score (nSPS) is 13.2. The van der Waals surface area contributed by atoms with Gasteiger partial charge in [-0.1, -0.05) is 13.8 Å². The molecule has 10 heteroatoms. The first-order chi connectivity index (χ1) is 15.2. The van der Waals surface area contributed by atoms with Crippen LogP contribution < -0.4 is 11.1 Å². The molecule has 0 radical (unpaired) electrons. The molecule has 2 aromatic heterocycles. The van der Waals surface area contributed by atoms with Crippen molar-refractivity contribution in [3.63, 3.8) is 0 Å². The van der Waals surface area contributed by atoms with E-state index in [1.807, 2.05) is 26.0 Å². The van der Waals surface area contributed by atoms with Crippen molar-refractivity contribution in [2.24, 2.45) is 5.92 Å². The molecule has 3 aromatic rings. The highest BCUT2D eigenvalue weighted by molar-refractivity contribution is 14.1. The molecule has 32 heavy (non-hydrogen) atoms. The van der Waals surface area contributed by atoms with Gasteiger partial charge in [0.05, 0.1) is 0 Å². The molecule has 0 unspecified atom stereocenters. The molecule has 3 N–H and O–H groups in total. The molecule has 0 atom stereocenters. The fraction of sp³-hybridized carbons (Fsp3) is 0.409. The number of carbonyl (C=O) groups excluding carboxylic acids is 2. The smallest absolute Gasteiger partial charge is 0.312 e. The lowest BCUT2D eigenvalue weighted by Crippen LogP contribution is -2.28. The van der Waals surface area contributed by atoms with Gasteiger partial charge in [0, 0.05) is 41.5 Å². The van der Waals surface area contributed by atoms with Crippen LogP contribution in [-0.2, 0) is 24.2 Å². The summed E-state index contributed by atoms with van der Waals surface area (Å²) in [5, 5.41) is 2.89. The van der Waals surface area contributed by atoms with Crippen molar-refractivity contribution in [1.82, 2.24) is 24.8 Å². The maximum Gasteiger partial charge on any atom is 0.312 e. The second kappa shape index (κ2) is 9.08. The van der Waals surface area contributed by atoms with Gasteiger partial charge in [0.2, 0.25) is 5.91 Å². The van der Waals surface area contributed by atoms with Crippen LogP contribution in [0.3, 0.4) is 0 Å². The number of aromatic nitrogens is 4. The van der Waals surface area contributed by atoms with Crippen molar-refractivity contribution < 1.29 is 14.0 Å². The van der Waals surface area contributed by atoms with Gasteiger partial charge in [-0.3, -0.25) is 9.59 Å². The summed E-state index contributed by atoms with van der Waals surface area (Å²) in [4.78, 5) is 36.3. The fourth-order valence-corrected chi connectivity index (χ4v) is 4.70. The van der Waals surface area contributed by atoms with E-state index in [1.165, 1.54) is 0 Å². The number of hydrogen-bond donors (Lipinski definition) is 2. The van der Waals surface area contributed by atoms with Crippen LogP contribution in [0, 0.1) is 15.6 Å². The summed E-state index contributed by atoms with van der Waals surface area (Å²) in [7, 11) is 0. The van der Waals surface area contributed by atoms with Crippen molar-refractivity contribution in [1.29, 1.82) is 0 Å². The fourth-order valence-electron chi connectivity index (χ4n) is 3.97. The second-order valence-electron chi connectivity index (χ2n) is 8.38. The Bertz CT molecular complexity index is 1220. The third kappa shape index (κ3) is 4.59. The Hall–Kier alpha value is -2.63. The van der Waals surface area contributed by atoms with Crippen LogP contribution >= 0.6 is 22.6 Å². The number of carbonyl (C=O) groups is 2. The molecule has 0 saturated heterocycles. The maximum atomic E-state index is 13.9. The molecule has 1 aliphatic rings. The molecule has 0 saturated carbocycles. The first-order valence-corrected chi connectivity index (χ1v) is 11.6. The summed E-state index contributed by atoms with van der Waals surface area (Å²) in [6, 6.07) is 3.97.